The van der Waals surface area contributed by atoms with Crippen molar-refractivity contribution in [1.29, 1.82) is 0 Å². The molecule has 1 aromatic carbocycles. The van der Waals surface area contributed by atoms with Crippen molar-refractivity contribution in [2.24, 2.45) is 5.73 Å². The Hall–Kier alpha value is -4.93. The molecule has 3 aromatic heterocycles. The largest absolute Gasteiger partial charge is 0.451 e. The van der Waals surface area contributed by atoms with Crippen LogP contribution in [0.3, 0.4) is 0 Å². The number of benzene rings is 1. The summed E-state index contributed by atoms with van der Waals surface area (Å²) in [6, 6.07) is 12.4. The first kappa shape index (κ1) is 23.2. The third kappa shape index (κ3) is 5.03. The molecule has 178 valence electrons. The van der Waals surface area contributed by atoms with Gasteiger partial charge in [-0.2, -0.15) is 0 Å². The summed E-state index contributed by atoms with van der Waals surface area (Å²) in [7, 11) is 1.49. The predicted octanol–water partition coefficient (Wildman–Crippen LogP) is 1.81. The molecule has 11 nitrogen and oxygen atoms in total. The average Bonchev–Trinajstić information content (AvgIpc) is 3.51. The molecule has 0 radical (unpaired) electrons. The summed E-state index contributed by atoms with van der Waals surface area (Å²) in [4.78, 5) is 52.1. The summed E-state index contributed by atoms with van der Waals surface area (Å²) >= 11 is 0. The van der Waals surface area contributed by atoms with Crippen molar-refractivity contribution in [2.75, 3.05) is 12.4 Å². The summed E-state index contributed by atoms with van der Waals surface area (Å²) in [6.45, 7) is 1.57. The Labute approximate surface area is 199 Å². The van der Waals surface area contributed by atoms with Crippen molar-refractivity contribution < 1.29 is 23.6 Å². The zero-order valence-electron chi connectivity index (χ0n) is 18.9. The van der Waals surface area contributed by atoms with E-state index >= 15 is 0 Å². The van der Waals surface area contributed by atoms with Crippen molar-refractivity contribution in [2.45, 2.75) is 13.0 Å². The number of nitrogens with two attached hydrogens (primary N) is 1. The van der Waals surface area contributed by atoms with Gasteiger partial charge in [0.15, 0.2) is 5.76 Å². The van der Waals surface area contributed by atoms with Crippen LogP contribution in [0.2, 0.25) is 0 Å². The van der Waals surface area contributed by atoms with Crippen molar-refractivity contribution >= 4 is 35.0 Å². The van der Waals surface area contributed by atoms with E-state index in [-0.39, 0.29) is 17.4 Å². The Kier molecular flexibility index (Phi) is 6.32. The molecule has 0 fully saturated rings. The van der Waals surface area contributed by atoms with Gasteiger partial charge in [0.05, 0.1) is 5.56 Å². The second kappa shape index (κ2) is 9.51. The lowest BCUT2D eigenvalue weighted by molar-refractivity contribution is -0.122. The molecule has 0 saturated heterocycles. The second-order valence-corrected chi connectivity index (χ2v) is 7.68. The van der Waals surface area contributed by atoms with Gasteiger partial charge in [-0.05, 0) is 55.5 Å². The highest BCUT2D eigenvalue weighted by Gasteiger charge is 2.18. The average molecular weight is 474 g/mol. The van der Waals surface area contributed by atoms with Gasteiger partial charge in [-0.3, -0.25) is 19.2 Å². The number of aromatic nitrogens is 2. The molecule has 35 heavy (non-hydrogen) atoms. The smallest absolute Gasteiger partial charge is 0.287 e. The highest BCUT2D eigenvalue weighted by molar-refractivity contribution is 6.03. The molecule has 4 aromatic rings. The lowest BCUT2D eigenvalue weighted by atomic mass is 10.1. The van der Waals surface area contributed by atoms with E-state index in [0.29, 0.717) is 28.2 Å². The fourth-order valence-corrected chi connectivity index (χ4v) is 3.32. The maximum Gasteiger partial charge on any atom is 0.287 e. The van der Waals surface area contributed by atoms with Crippen LogP contribution in [0, 0.1) is 0 Å². The van der Waals surface area contributed by atoms with Crippen LogP contribution in [0.15, 0.2) is 65.3 Å². The van der Waals surface area contributed by atoms with E-state index in [1.807, 2.05) is 0 Å². The number of fused-ring (bicyclic) bond motifs is 1. The van der Waals surface area contributed by atoms with Gasteiger partial charge in [-0.15, -0.1) is 0 Å². The molecular weight excluding hydrogens is 452 g/mol. The molecule has 4 amide bonds. The minimum atomic E-state index is -0.706. The van der Waals surface area contributed by atoms with Crippen LogP contribution in [0.25, 0.3) is 17.0 Å². The Morgan fingerprint density at radius 2 is 1.71 bits per heavy atom. The lowest BCUT2D eigenvalue weighted by Gasteiger charge is -2.10. The van der Waals surface area contributed by atoms with E-state index in [9.17, 15) is 19.2 Å². The predicted molar refractivity (Wildman–Crippen MR) is 127 cm³/mol. The molecule has 4 rings (SSSR count). The number of carbonyl (C=O) groups is 4. The summed E-state index contributed by atoms with van der Waals surface area (Å²) in [5.41, 5.74) is 7.47. The summed E-state index contributed by atoms with van der Waals surface area (Å²) < 4.78 is 7.17. The first-order chi connectivity index (χ1) is 16.7. The van der Waals surface area contributed by atoms with Crippen molar-refractivity contribution in [3.63, 3.8) is 0 Å². The van der Waals surface area contributed by atoms with Gasteiger partial charge < -0.3 is 30.5 Å². The quantitative estimate of drug-likeness (QED) is 0.319. The number of hydrogen-bond acceptors (Lipinski definition) is 6. The number of rotatable bonds is 7. The first-order valence-corrected chi connectivity index (χ1v) is 10.6. The van der Waals surface area contributed by atoms with Gasteiger partial charge in [-0.1, -0.05) is 0 Å². The molecule has 0 aliphatic heterocycles. The SMILES string of the molecule is CNC(=O)[C@H](C)NC(=O)c1ccc(-c2ccc(NC(=O)c3cn4cc(C(N)=O)ccc4n3)cc2)o1. The molecule has 3 heterocycles. The van der Waals surface area contributed by atoms with Crippen LogP contribution in [-0.4, -0.2) is 46.1 Å². The van der Waals surface area contributed by atoms with E-state index in [0.717, 1.165) is 0 Å². The molecule has 0 bridgehead atoms. The van der Waals surface area contributed by atoms with Gasteiger partial charge in [0.1, 0.15) is 23.1 Å². The van der Waals surface area contributed by atoms with E-state index in [1.54, 1.807) is 47.7 Å². The molecular formula is C24H22N6O5. The number of pyridine rings is 1. The van der Waals surface area contributed by atoms with Crippen LogP contribution in [0.1, 0.15) is 38.3 Å². The van der Waals surface area contributed by atoms with Gasteiger partial charge in [0.25, 0.3) is 11.8 Å². The summed E-state index contributed by atoms with van der Waals surface area (Å²) in [6.07, 6.45) is 3.01. The molecule has 0 saturated carbocycles. The molecule has 0 aliphatic carbocycles. The number of carbonyl (C=O) groups excluding carboxylic acids is 4. The Balaban J connectivity index is 1.43. The minimum absolute atomic E-state index is 0.0690. The Morgan fingerprint density at radius 3 is 2.40 bits per heavy atom. The topological polar surface area (TPSA) is 161 Å². The van der Waals surface area contributed by atoms with Gasteiger partial charge in [0, 0.05) is 30.7 Å². The van der Waals surface area contributed by atoms with Crippen LogP contribution in [0.4, 0.5) is 5.69 Å². The van der Waals surface area contributed by atoms with Crippen LogP contribution < -0.4 is 21.7 Å². The van der Waals surface area contributed by atoms with E-state index in [2.05, 4.69) is 20.9 Å². The standard InChI is InChI=1S/C24H22N6O5/c1-13(22(32)26-2)27-24(34)19-9-8-18(35-19)14-3-6-16(7-4-14)28-23(33)17-12-30-11-15(21(25)31)5-10-20(30)29-17/h3-13H,1-2H3,(H2,25,31)(H,26,32)(H,27,34)(H,28,33)/t13-/m0/s1. The molecule has 0 aliphatic rings. The van der Waals surface area contributed by atoms with Gasteiger partial charge >= 0.3 is 0 Å². The molecule has 5 N–H and O–H groups in total. The monoisotopic (exact) mass is 474 g/mol. The lowest BCUT2D eigenvalue weighted by Crippen LogP contribution is -2.43. The number of nitrogens with zero attached hydrogens (tertiary/aromatic N) is 2. The molecule has 0 unspecified atom stereocenters. The highest BCUT2D eigenvalue weighted by Crippen LogP contribution is 2.24. The number of primary amides is 1. The normalized spacial score (nSPS) is 11.6. The third-order valence-electron chi connectivity index (χ3n) is 5.21. The fraction of sp³-hybridized carbons (Fsp3) is 0.125. The number of amides is 4. The van der Waals surface area contributed by atoms with E-state index in [4.69, 9.17) is 10.2 Å². The van der Waals surface area contributed by atoms with Crippen molar-refractivity contribution in [3.05, 3.63) is 77.9 Å². The van der Waals surface area contributed by atoms with E-state index < -0.39 is 23.8 Å². The van der Waals surface area contributed by atoms with Gasteiger partial charge in [0.2, 0.25) is 11.8 Å². The van der Waals surface area contributed by atoms with Crippen molar-refractivity contribution in [1.82, 2.24) is 20.0 Å². The molecule has 1 atom stereocenters. The highest BCUT2D eigenvalue weighted by atomic mass is 16.4. The fourth-order valence-electron chi connectivity index (χ4n) is 3.32. The zero-order valence-corrected chi connectivity index (χ0v) is 18.9. The Bertz CT molecular complexity index is 1440. The number of likely N-dealkylation sites (N-methyl/N-ethyl adjacent to an activating group) is 1. The maximum atomic E-state index is 12.6. The number of imidazole rings is 1. The number of hydrogen-bond donors (Lipinski definition) is 4. The minimum Gasteiger partial charge on any atom is -0.451 e. The van der Waals surface area contributed by atoms with E-state index in [1.165, 1.54) is 31.6 Å². The molecule has 11 heteroatoms. The Morgan fingerprint density at radius 1 is 0.971 bits per heavy atom. The molecule has 0 spiro atoms. The summed E-state index contributed by atoms with van der Waals surface area (Å²) in [5.74, 6) is -1.31. The van der Waals surface area contributed by atoms with Crippen molar-refractivity contribution in [3.8, 4) is 11.3 Å². The van der Waals surface area contributed by atoms with Gasteiger partial charge in [-0.25, -0.2) is 4.98 Å². The number of nitrogens with one attached hydrogen (secondary N) is 3. The van der Waals surface area contributed by atoms with Crippen LogP contribution >= 0.6 is 0 Å². The maximum absolute atomic E-state index is 12.6. The van der Waals surface area contributed by atoms with Crippen LogP contribution in [0.5, 0.6) is 0 Å². The van der Waals surface area contributed by atoms with Crippen LogP contribution in [-0.2, 0) is 4.79 Å². The zero-order chi connectivity index (χ0) is 25.1. The number of furan rings is 1. The first-order valence-electron chi connectivity index (χ1n) is 10.6. The third-order valence-corrected chi connectivity index (χ3v) is 5.21. The number of anilines is 1. The summed E-state index contributed by atoms with van der Waals surface area (Å²) in [5, 5.41) is 7.77. The second-order valence-electron chi connectivity index (χ2n) is 7.68.